The van der Waals surface area contributed by atoms with Crippen LogP contribution in [0.3, 0.4) is 0 Å². The molecule has 0 amide bonds. The number of para-hydroxylation sites is 1. The lowest BCUT2D eigenvalue weighted by molar-refractivity contribution is 0.301. The number of pyridine rings is 1. The van der Waals surface area contributed by atoms with Gasteiger partial charge in [0.15, 0.2) is 0 Å². The van der Waals surface area contributed by atoms with Crippen molar-refractivity contribution >= 4 is 22.5 Å². The van der Waals surface area contributed by atoms with Gasteiger partial charge in [0.25, 0.3) is 0 Å². The number of nitrogens with one attached hydrogen (secondary N) is 1. The second-order valence-corrected chi connectivity index (χ2v) is 5.93. The summed E-state index contributed by atoms with van der Waals surface area (Å²) in [5, 5.41) is 1.76. The van der Waals surface area contributed by atoms with Crippen LogP contribution in [-0.4, -0.2) is 9.97 Å². The maximum Gasteiger partial charge on any atom is 0.138 e. The Morgan fingerprint density at radius 3 is 2.62 bits per heavy atom. The maximum absolute atomic E-state index is 6.38. The Labute approximate surface area is 144 Å². The number of benzene rings is 2. The summed E-state index contributed by atoms with van der Waals surface area (Å²) in [5.74, 6) is 0.655. The summed E-state index contributed by atoms with van der Waals surface area (Å²) in [6.45, 7) is 0.395. The standard InChI is InChI=1S/C20H15ClN2O/c21-17-11-15(19-12-14-5-1-2-7-18(14)23-19)8-9-20(17)24-13-16-6-3-4-10-22-16/h1-12,23H,13H2. The van der Waals surface area contributed by atoms with Crippen molar-refractivity contribution in [3.63, 3.8) is 0 Å². The lowest BCUT2D eigenvalue weighted by Gasteiger charge is -2.09. The van der Waals surface area contributed by atoms with Crippen molar-refractivity contribution < 1.29 is 4.74 Å². The molecule has 0 unspecified atom stereocenters. The molecule has 0 atom stereocenters. The van der Waals surface area contributed by atoms with E-state index in [9.17, 15) is 0 Å². The zero-order chi connectivity index (χ0) is 16.4. The number of nitrogens with zero attached hydrogens (tertiary/aromatic N) is 1. The van der Waals surface area contributed by atoms with Gasteiger partial charge in [-0.1, -0.05) is 35.9 Å². The third kappa shape index (κ3) is 2.99. The first-order valence-corrected chi connectivity index (χ1v) is 8.08. The van der Waals surface area contributed by atoms with E-state index in [0.29, 0.717) is 17.4 Å². The fourth-order valence-electron chi connectivity index (χ4n) is 2.65. The van der Waals surface area contributed by atoms with E-state index in [4.69, 9.17) is 16.3 Å². The number of aromatic nitrogens is 2. The van der Waals surface area contributed by atoms with Gasteiger partial charge >= 0.3 is 0 Å². The summed E-state index contributed by atoms with van der Waals surface area (Å²) in [6.07, 6.45) is 1.75. The van der Waals surface area contributed by atoms with Gasteiger partial charge in [0, 0.05) is 22.8 Å². The van der Waals surface area contributed by atoms with Crippen molar-refractivity contribution in [2.75, 3.05) is 0 Å². The van der Waals surface area contributed by atoms with Crippen LogP contribution in [-0.2, 0) is 6.61 Å². The molecule has 0 bridgehead atoms. The van der Waals surface area contributed by atoms with Crippen LogP contribution in [0.15, 0.2) is 72.9 Å². The number of ether oxygens (including phenoxy) is 1. The molecule has 2 aromatic heterocycles. The molecule has 4 rings (SSSR count). The zero-order valence-corrected chi connectivity index (χ0v) is 13.6. The molecule has 0 aliphatic carbocycles. The van der Waals surface area contributed by atoms with Crippen LogP contribution in [0.1, 0.15) is 5.69 Å². The number of hydrogen-bond donors (Lipinski definition) is 1. The number of halogens is 1. The maximum atomic E-state index is 6.38. The van der Waals surface area contributed by atoms with Crippen molar-refractivity contribution in [1.82, 2.24) is 9.97 Å². The van der Waals surface area contributed by atoms with Crippen LogP contribution in [0.2, 0.25) is 5.02 Å². The second-order valence-electron chi connectivity index (χ2n) is 5.53. The number of fused-ring (bicyclic) bond motifs is 1. The summed E-state index contributed by atoms with van der Waals surface area (Å²) < 4.78 is 5.77. The number of aromatic amines is 1. The lowest BCUT2D eigenvalue weighted by atomic mass is 10.1. The summed E-state index contributed by atoms with van der Waals surface area (Å²) in [7, 11) is 0. The Morgan fingerprint density at radius 1 is 0.958 bits per heavy atom. The van der Waals surface area contributed by atoms with Crippen molar-refractivity contribution in [3.05, 3.63) is 83.6 Å². The summed E-state index contributed by atoms with van der Waals surface area (Å²) in [4.78, 5) is 7.65. The van der Waals surface area contributed by atoms with Crippen LogP contribution in [0.4, 0.5) is 0 Å². The van der Waals surface area contributed by atoms with E-state index in [1.807, 2.05) is 48.5 Å². The van der Waals surface area contributed by atoms with Crippen LogP contribution in [0.25, 0.3) is 22.2 Å². The molecule has 0 fully saturated rings. The normalized spacial score (nSPS) is 10.9. The summed E-state index contributed by atoms with van der Waals surface area (Å²) in [6, 6.07) is 21.9. The van der Waals surface area contributed by atoms with Gasteiger partial charge in [-0.2, -0.15) is 0 Å². The van der Waals surface area contributed by atoms with Crippen LogP contribution in [0.5, 0.6) is 5.75 Å². The molecule has 24 heavy (non-hydrogen) atoms. The van der Waals surface area contributed by atoms with Crippen LogP contribution >= 0.6 is 11.6 Å². The van der Waals surface area contributed by atoms with E-state index in [-0.39, 0.29) is 0 Å². The van der Waals surface area contributed by atoms with Crippen molar-refractivity contribution in [1.29, 1.82) is 0 Å². The fraction of sp³-hybridized carbons (Fsp3) is 0.0500. The zero-order valence-electron chi connectivity index (χ0n) is 12.9. The van der Waals surface area contributed by atoms with Crippen molar-refractivity contribution in [2.24, 2.45) is 0 Å². The number of hydrogen-bond acceptors (Lipinski definition) is 2. The third-order valence-corrected chi connectivity index (χ3v) is 4.17. The average molecular weight is 335 g/mol. The molecule has 1 N–H and O–H groups in total. The van der Waals surface area contributed by atoms with Gasteiger partial charge < -0.3 is 9.72 Å². The van der Waals surface area contributed by atoms with E-state index < -0.39 is 0 Å². The average Bonchev–Trinajstić information content (AvgIpc) is 3.06. The molecular formula is C20H15ClN2O. The molecule has 4 aromatic rings. The minimum absolute atomic E-state index is 0.395. The molecule has 118 valence electrons. The van der Waals surface area contributed by atoms with Gasteiger partial charge in [-0.05, 0) is 48.0 Å². The lowest BCUT2D eigenvalue weighted by Crippen LogP contribution is -1.98. The fourth-order valence-corrected chi connectivity index (χ4v) is 2.88. The smallest absolute Gasteiger partial charge is 0.138 e. The van der Waals surface area contributed by atoms with Gasteiger partial charge in [-0.15, -0.1) is 0 Å². The van der Waals surface area contributed by atoms with Crippen molar-refractivity contribution in [2.45, 2.75) is 6.61 Å². The quantitative estimate of drug-likeness (QED) is 0.538. The van der Waals surface area contributed by atoms with Gasteiger partial charge in [-0.3, -0.25) is 4.98 Å². The van der Waals surface area contributed by atoms with Crippen LogP contribution in [0, 0.1) is 0 Å². The SMILES string of the molecule is Clc1cc(-c2cc3ccccc3[nH]2)ccc1OCc1ccccn1. The number of H-pyrrole nitrogens is 1. The molecule has 0 aliphatic heterocycles. The second kappa shape index (κ2) is 6.38. The van der Waals surface area contributed by atoms with E-state index >= 15 is 0 Å². The highest BCUT2D eigenvalue weighted by atomic mass is 35.5. The van der Waals surface area contributed by atoms with Gasteiger partial charge in [-0.25, -0.2) is 0 Å². The Balaban J connectivity index is 1.57. The minimum Gasteiger partial charge on any atom is -0.486 e. The highest BCUT2D eigenvalue weighted by molar-refractivity contribution is 6.32. The Morgan fingerprint density at radius 2 is 1.83 bits per heavy atom. The minimum atomic E-state index is 0.395. The predicted molar refractivity (Wildman–Crippen MR) is 97.3 cm³/mol. The van der Waals surface area contributed by atoms with Gasteiger partial charge in [0.2, 0.25) is 0 Å². The highest BCUT2D eigenvalue weighted by Gasteiger charge is 2.08. The molecular weight excluding hydrogens is 320 g/mol. The summed E-state index contributed by atoms with van der Waals surface area (Å²) in [5.41, 5.74) is 4.04. The monoisotopic (exact) mass is 334 g/mol. The van der Waals surface area contributed by atoms with Gasteiger partial charge in [0.1, 0.15) is 12.4 Å². The van der Waals surface area contributed by atoms with Crippen molar-refractivity contribution in [3.8, 4) is 17.0 Å². The Bertz CT molecular complexity index is 946. The predicted octanol–water partition coefficient (Wildman–Crippen LogP) is 5.46. The molecule has 0 saturated carbocycles. The van der Waals surface area contributed by atoms with E-state index in [1.54, 1.807) is 6.20 Å². The van der Waals surface area contributed by atoms with Gasteiger partial charge in [0.05, 0.1) is 10.7 Å². The molecule has 4 heteroatoms. The van der Waals surface area contributed by atoms with E-state index in [0.717, 1.165) is 22.5 Å². The topological polar surface area (TPSA) is 37.9 Å². The summed E-state index contributed by atoms with van der Waals surface area (Å²) >= 11 is 6.38. The Kier molecular flexibility index (Phi) is 3.93. The van der Waals surface area contributed by atoms with Crippen LogP contribution < -0.4 is 4.74 Å². The first-order chi connectivity index (χ1) is 11.8. The third-order valence-electron chi connectivity index (χ3n) is 3.87. The molecule has 0 spiro atoms. The molecule has 0 aliphatic rings. The molecule has 0 radical (unpaired) electrons. The first-order valence-electron chi connectivity index (χ1n) is 7.70. The molecule has 2 aromatic carbocycles. The molecule has 0 saturated heterocycles. The molecule has 2 heterocycles. The largest absolute Gasteiger partial charge is 0.486 e. The van der Waals surface area contributed by atoms with E-state index in [1.165, 1.54) is 5.39 Å². The Hall–Kier alpha value is -2.78. The highest BCUT2D eigenvalue weighted by Crippen LogP contribution is 2.31. The molecule has 3 nitrogen and oxygen atoms in total. The first kappa shape index (κ1) is 14.8. The number of rotatable bonds is 4. The van der Waals surface area contributed by atoms with E-state index in [2.05, 4.69) is 28.2 Å².